The third-order valence-electron chi connectivity index (χ3n) is 3.61. The summed E-state index contributed by atoms with van der Waals surface area (Å²) in [7, 11) is -4.99. The summed E-state index contributed by atoms with van der Waals surface area (Å²) in [5.74, 6) is -4.94. The van der Waals surface area contributed by atoms with Gasteiger partial charge in [0.25, 0.3) is 10.0 Å². The van der Waals surface area contributed by atoms with Crippen LogP contribution in [0.25, 0.3) is 0 Å². The molecule has 6 nitrogen and oxygen atoms in total. The predicted molar refractivity (Wildman–Crippen MR) is 82.7 cm³/mol. The lowest BCUT2D eigenvalue weighted by molar-refractivity contribution is -0.130. The van der Waals surface area contributed by atoms with E-state index in [1.165, 1.54) is 9.62 Å². The first kappa shape index (κ1) is 18.6. The normalized spacial score (nSPS) is 18.2. The molecule has 1 N–H and O–H groups in total. The van der Waals surface area contributed by atoms with Crippen molar-refractivity contribution in [2.24, 2.45) is 0 Å². The van der Waals surface area contributed by atoms with E-state index in [4.69, 9.17) is 11.6 Å². The van der Waals surface area contributed by atoms with Gasteiger partial charge in [-0.25, -0.2) is 13.1 Å². The van der Waals surface area contributed by atoms with E-state index in [9.17, 15) is 26.8 Å². The van der Waals surface area contributed by atoms with Gasteiger partial charge >= 0.3 is 5.76 Å². The standard InChI is InChI=1S/C14H15ClF2N2O4S/c15-10-3-1-2-9(6-10)8-19-11(4-5-13(19)21)7-12(20)18-24(22,23)14(16)17/h1-3,6,11,14H,4-5,7-8H2,(H,18,20). The second-order valence-electron chi connectivity index (χ2n) is 5.38. The van der Waals surface area contributed by atoms with Gasteiger partial charge in [0.2, 0.25) is 11.8 Å². The highest BCUT2D eigenvalue weighted by Crippen LogP contribution is 2.25. The SMILES string of the molecule is O=C(CC1CCC(=O)N1Cc1cccc(Cl)c1)NS(=O)(=O)C(F)F. The lowest BCUT2D eigenvalue weighted by Gasteiger charge is -2.24. The molecule has 0 bridgehead atoms. The van der Waals surface area contributed by atoms with Crippen molar-refractivity contribution < 1.29 is 26.8 Å². The Balaban J connectivity index is 2.04. The minimum absolute atomic E-state index is 0.190. The van der Waals surface area contributed by atoms with E-state index in [1.807, 2.05) is 0 Å². The van der Waals surface area contributed by atoms with Crippen molar-refractivity contribution in [3.63, 3.8) is 0 Å². The Kier molecular flexibility index (Phi) is 5.76. The summed E-state index contributed by atoms with van der Waals surface area (Å²) in [5, 5.41) is 0.497. The van der Waals surface area contributed by atoms with Crippen molar-refractivity contribution in [1.82, 2.24) is 9.62 Å². The molecule has 1 unspecified atom stereocenters. The highest BCUT2D eigenvalue weighted by atomic mass is 35.5. The lowest BCUT2D eigenvalue weighted by Crippen LogP contribution is -2.40. The minimum atomic E-state index is -4.99. The van der Waals surface area contributed by atoms with Gasteiger partial charge in [-0.3, -0.25) is 9.59 Å². The summed E-state index contributed by atoms with van der Waals surface area (Å²) in [4.78, 5) is 25.1. The molecule has 1 aliphatic heterocycles. The Labute approximate surface area is 142 Å². The van der Waals surface area contributed by atoms with Crippen LogP contribution in [0.5, 0.6) is 0 Å². The van der Waals surface area contributed by atoms with E-state index in [0.29, 0.717) is 11.4 Å². The third kappa shape index (κ3) is 4.64. The van der Waals surface area contributed by atoms with Crippen LogP contribution in [0.15, 0.2) is 24.3 Å². The monoisotopic (exact) mass is 380 g/mol. The van der Waals surface area contributed by atoms with Crippen LogP contribution in [0.1, 0.15) is 24.8 Å². The first-order valence-electron chi connectivity index (χ1n) is 7.05. The Hall–Kier alpha value is -1.74. The zero-order chi connectivity index (χ0) is 17.9. The summed E-state index contributed by atoms with van der Waals surface area (Å²) < 4.78 is 47.9. The Morgan fingerprint density at radius 2 is 2.12 bits per heavy atom. The fourth-order valence-corrected chi connectivity index (χ4v) is 3.22. The second kappa shape index (κ2) is 7.43. The molecule has 1 atom stereocenters. The molecule has 2 amide bonds. The van der Waals surface area contributed by atoms with E-state index >= 15 is 0 Å². The quantitative estimate of drug-likeness (QED) is 0.816. The average Bonchev–Trinajstić information content (AvgIpc) is 2.79. The number of nitrogens with zero attached hydrogens (tertiary/aromatic N) is 1. The van der Waals surface area contributed by atoms with Crippen molar-refractivity contribution in [2.45, 2.75) is 37.6 Å². The van der Waals surface area contributed by atoms with Crippen LogP contribution >= 0.6 is 11.6 Å². The van der Waals surface area contributed by atoms with Crippen molar-refractivity contribution in [1.29, 1.82) is 0 Å². The molecule has 1 heterocycles. The molecule has 1 fully saturated rings. The lowest BCUT2D eigenvalue weighted by atomic mass is 10.1. The van der Waals surface area contributed by atoms with Gasteiger partial charge in [0.05, 0.1) is 0 Å². The van der Waals surface area contributed by atoms with E-state index in [-0.39, 0.29) is 25.3 Å². The van der Waals surface area contributed by atoms with Crippen LogP contribution < -0.4 is 4.72 Å². The van der Waals surface area contributed by atoms with Gasteiger partial charge in [-0.1, -0.05) is 23.7 Å². The Bertz CT molecular complexity index is 742. The largest absolute Gasteiger partial charge is 0.355 e. The highest BCUT2D eigenvalue weighted by molar-refractivity contribution is 7.90. The van der Waals surface area contributed by atoms with E-state index in [1.54, 1.807) is 24.3 Å². The van der Waals surface area contributed by atoms with Gasteiger partial charge in [0.1, 0.15) is 0 Å². The van der Waals surface area contributed by atoms with Gasteiger partial charge in [0.15, 0.2) is 0 Å². The summed E-state index contributed by atoms with van der Waals surface area (Å²) in [6.07, 6.45) is 0.194. The van der Waals surface area contributed by atoms with Crippen LogP contribution in [0.3, 0.4) is 0 Å². The molecule has 1 saturated heterocycles. The number of amides is 2. The molecule has 0 radical (unpaired) electrons. The molecule has 1 aliphatic rings. The maximum Gasteiger partial charge on any atom is 0.355 e. The van der Waals surface area contributed by atoms with Crippen LogP contribution in [-0.2, 0) is 26.2 Å². The summed E-state index contributed by atoms with van der Waals surface area (Å²) in [6, 6.07) is 6.28. The van der Waals surface area contributed by atoms with Gasteiger partial charge in [-0.15, -0.1) is 0 Å². The summed E-state index contributed by atoms with van der Waals surface area (Å²) >= 11 is 5.88. The van der Waals surface area contributed by atoms with Gasteiger partial charge < -0.3 is 4.90 Å². The Morgan fingerprint density at radius 3 is 2.75 bits per heavy atom. The van der Waals surface area contributed by atoms with Gasteiger partial charge in [-0.2, -0.15) is 8.78 Å². The molecule has 1 aromatic rings. The first-order chi connectivity index (χ1) is 11.2. The van der Waals surface area contributed by atoms with Crippen LogP contribution in [0, 0.1) is 0 Å². The smallest absolute Gasteiger partial charge is 0.335 e. The van der Waals surface area contributed by atoms with Gasteiger partial charge in [-0.05, 0) is 24.1 Å². The molecular weight excluding hydrogens is 366 g/mol. The molecule has 24 heavy (non-hydrogen) atoms. The molecule has 0 aliphatic carbocycles. The van der Waals surface area contributed by atoms with Crippen LogP contribution in [0.2, 0.25) is 5.02 Å². The molecule has 0 aromatic heterocycles. The average molecular weight is 381 g/mol. The molecule has 0 spiro atoms. The summed E-state index contributed by atoms with van der Waals surface area (Å²) in [5.41, 5.74) is 0.753. The third-order valence-corrected chi connectivity index (χ3v) is 4.82. The van der Waals surface area contributed by atoms with E-state index < -0.39 is 27.7 Å². The first-order valence-corrected chi connectivity index (χ1v) is 8.98. The fraction of sp³-hybridized carbons (Fsp3) is 0.429. The van der Waals surface area contributed by atoms with Crippen molar-refractivity contribution in [3.8, 4) is 0 Å². The van der Waals surface area contributed by atoms with E-state index in [2.05, 4.69) is 0 Å². The number of benzene rings is 1. The number of alkyl halides is 2. The number of hydrogen-bond donors (Lipinski definition) is 1. The molecule has 2 rings (SSSR count). The highest BCUT2D eigenvalue weighted by Gasteiger charge is 2.34. The maximum absolute atomic E-state index is 12.3. The van der Waals surface area contributed by atoms with Crippen molar-refractivity contribution in [2.75, 3.05) is 0 Å². The number of sulfonamides is 1. The van der Waals surface area contributed by atoms with Crippen LogP contribution in [-0.4, -0.2) is 36.9 Å². The molecule has 0 saturated carbocycles. The molecule has 132 valence electrons. The second-order valence-corrected chi connectivity index (χ2v) is 7.47. The number of likely N-dealkylation sites (tertiary alicyclic amines) is 1. The number of hydrogen-bond acceptors (Lipinski definition) is 4. The number of halogens is 3. The summed E-state index contributed by atoms with van der Waals surface area (Å²) in [6.45, 7) is 0.207. The number of nitrogens with one attached hydrogen (secondary N) is 1. The number of rotatable bonds is 6. The number of carbonyl (C=O) groups excluding carboxylic acids is 2. The Morgan fingerprint density at radius 1 is 1.42 bits per heavy atom. The molecule has 10 heteroatoms. The fourth-order valence-electron chi connectivity index (χ4n) is 2.51. The van der Waals surface area contributed by atoms with E-state index in [0.717, 1.165) is 5.56 Å². The molecule has 1 aromatic carbocycles. The zero-order valence-electron chi connectivity index (χ0n) is 12.4. The van der Waals surface area contributed by atoms with Crippen LogP contribution in [0.4, 0.5) is 8.78 Å². The van der Waals surface area contributed by atoms with Gasteiger partial charge in [0, 0.05) is 30.5 Å². The minimum Gasteiger partial charge on any atom is -0.335 e. The zero-order valence-corrected chi connectivity index (χ0v) is 14.0. The predicted octanol–water partition coefficient (Wildman–Crippen LogP) is 1.89. The topological polar surface area (TPSA) is 83.6 Å². The maximum atomic E-state index is 12.3. The van der Waals surface area contributed by atoms with Crippen molar-refractivity contribution in [3.05, 3.63) is 34.9 Å². The number of carbonyl (C=O) groups is 2. The van der Waals surface area contributed by atoms with Crippen molar-refractivity contribution >= 4 is 33.4 Å². The molecular formula is C14H15ClF2N2O4S.